The third-order valence-electron chi connectivity index (χ3n) is 2.09. The van der Waals surface area contributed by atoms with Crippen LogP contribution >= 0.6 is 0 Å². The number of quaternary nitrogens is 1. The summed E-state index contributed by atoms with van der Waals surface area (Å²) in [5.41, 5.74) is 0. The summed E-state index contributed by atoms with van der Waals surface area (Å²) in [7, 11) is 0. The Bertz CT molecular complexity index is 385. The van der Waals surface area contributed by atoms with E-state index in [0.717, 1.165) is 6.26 Å². The quantitative estimate of drug-likeness (QED) is 0.159. The van der Waals surface area contributed by atoms with Crippen LogP contribution in [0.15, 0.2) is 12.8 Å². The van der Waals surface area contributed by atoms with Crippen LogP contribution in [0.3, 0.4) is 0 Å². The molecule has 118 valence electrons. The van der Waals surface area contributed by atoms with Crippen LogP contribution in [-0.4, -0.2) is 64.8 Å². The minimum Gasteiger partial charge on any atom is -1.00 e. The molecule has 0 aromatic heterocycles. The Morgan fingerprint density at radius 2 is 1.45 bits per heavy atom. The van der Waals surface area contributed by atoms with Crippen molar-refractivity contribution in [1.82, 2.24) is 6.15 Å². The van der Waals surface area contributed by atoms with Crippen LogP contribution in [-0.2, 0) is 23.9 Å². The van der Waals surface area contributed by atoms with Crippen LogP contribution in [0.5, 0.6) is 0 Å². The summed E-state index contributed by atoms with van der Waals surface area (Å²) >= 11 is 0. The van der Waals surface area contributed by atoms with E-state index in [0.29, 0.717) is 0 Å². The molecule has 0 aromatic rings. The third-order valence-corrected chi connectivity index (χ3v) is 2.09. The molecule has 0 saturated carbocycles. The Balaban J connectivity index is -0.000000162. The molecule has 0 radical (unpaired) electrons. The van der Waals surface area contributed by atoms with Gasteiger partial charge in [0.2, 0.25) is 0 Å². The average molecular weight is 340 g/mol. The number of hydrogen-bond donors (Lipinski definition) is 3. The molecule has 0 aliphatic heterocycles. The van der Waals surface area contributed by atoms with E-state index in [1.165, 1.54) is 0 Å². The van der Waals surface area contributed by atoms with Crippen LogP contribution in [0.2, 0.25) is 0 Å². The van der Waals surface area contributed by atoms with Gasteiger partial charge in [0, 0.05) is 0 Å². The monoisotopic (exact) mass is 340 g/mol. The van der Waals surface area contributed by atoms with Crippen molar-refractivity contribution in [1.29, 1.82) is 0 Å². The van der Waals surface area contributed by atoms with Crippen molar-refractivity contribution in [2.45, 2.75) is 0 Å². The molecule has 0 unspecified atom stereocenters. The van der Waals surface area contributed by atoms with Crippen molar-refractivity contribution >= 4 is 23.9 Å². The van der Waals surface area contributed by atoms with Crippen molar-refractivity contribution < 1.29 is 106 Å². The van der Waals surface area contributed by atoms with Crippen LogP contribution in [0.4, 0.5) is 0 Å². The summed E-state index contributed by atoms with van der Waals surface area (Å²) in [5, 5.41) is 28.1. The Kier molecular flexibility index (Phi) is 19.0. The molecule has 5 N–H and O–H groups in total. The second-order valence-corrected chi connectivity index (χ2v) is 3.79. The maximum Gasteiger partial charge on any atom is 1.00 e. The predicted octanol–water partition coefficient (Wildman–Crippen LogP) is -8.20. The Labute approximate surface area is 173 Å². The fourth-order valence-electron chi connectivity index (χ4n) is 1.59. The van der Waals surface area contributed by atoms with E-state index in [-0.39, 0.29) is 68.1 Å². The summed E-state index contributed by atoms with van der Waals surface area (Å²) in [4.78, 5) is 43.4. The van der Waals surface area contributed by atoms with Gasteiger partial charge in [-0.1, -0.05) is 6.58 Å². The first-order valence-electron chi connectivity index (χ1n) is 5.00. The second-order valence-electron chi connectivity index (χ2n) is 3.79. The smallest absolute Gasteiger partial charge is 1.00 e. The summed E-state index contributed by atoms with van der Waals surface area (Å²) in [6.07, 6.45) is 0.775. The first kappa shape index (κ1) is 29.5. The molecule has 0 aliphatic rings. The number of nitrogens with zero attached hydrogens (tertiary/aromatic N) is 1. The first-order chi connectivity index (χ1) is 8.70. The molecule has 0 amide bonds. The molecular formula is C10H18N2Na2O8. The van der Waals surface area contributed by atoms with Gasteiger partial charge in [0.1, 0.15) is 6.54 Å². The van der Waals surface area contributed by atoms with Crippen LogP contribution in [0.1, 0.15) is 2.85 Å². The fourth-order valence-corrected chi connectivity index (χ4v) is 1.59. The van der Waals surface area contributed by atoms with Crippen molar-refractivity contribution in [2.75, 3.05) is 26.2 Å². The van der Waals surface area contributed by atoms with Gasteiger partial charge in [0.15, 0.2) is 19.6 Å². The van der Waals surface area contributed by atoms with Crippen molar-refractivity contribution in [3.63, 3.8) is 0 Å². The molecule has 0 aliphatic carbocycles. The largest absolute Gasteiger partial charge is 1.00 e. The Hall–Kier alpha value is -0.460. The van der Waals surface area contributed by atoms with Crippen molar-refractivity contribution in [3.05, 3.63) is 12.8 Å². The van der Waals surface area contributed by atoms with Gasteiger partial charge in [-0.2, -0.15) is 0 Å². The van der Waals surface area contributed by atoms with Gasteiger partial charge in [-0.15, -0.1) is 0 Å². The van der Waals surface area contributed by atoms with E-state index in [1.807, 2.05) is 0 Å². The summed E-state index contributed by atoms with van der Waals surface area (Å²) in [5.74, 6) is -5.56. The Morgan fingerprint density at radius 3 is 1.73 bits per heavy atom. The van der Waals surface area contributed by atoms with E-state index < -0.39 is 54.5 Å². The molecule has 10 nitrogen and oxygen atoms in total. The molecule has 22 heavy (non-hydrogen) atoms. The van der Waals surface area contributed by atoms with E-state index in [9.17, 15) is 24.3 Å². The number of carbonyl (C=O) groups excluding carboxylic acids is 2. The molecule has 0 saturated heterocycles. The molecule has 0 aromatic carbocycles. The molecule has 0 atom stereocenters. The van der Waals surface area contributed by atoms with Gasteiger partial charge in [0.05, 0.1) is 12.2 Å². The normalized spacial score (nSPS) is 9.09. The molecule has 0 bridgehead atoms. The van der Waals surface area contributed by atoms with E-state index in [1.54, 1.807) is 0 Å². The van der Waals surface area contributed by atoms with E-state index >= 15 is 0 Å². The van der Waals surface area contributed by atoms with Gasteiger partial charge in [-0.3, -0.25) is 4.48 Å². The minimum atomic E-state index is -1.67. The molecule has 0 fully saturated rings. The number of esters is 1. The number of rotatable bonds is 9. The van der Waals surface area contributed by atoms with E-state index in [4.69, 9.17) is 10.2 Å². The van der Waals surface area contributed by atoms with Gasteiger partial charge >= 0.3 is 77.0 Å². The topological polar surface area (TPSA) is 176 Å². The second kappa shape index (κ2) is 14.2. The summed E-state index contributed by atoms with van der Waals surface area (Å²) in [6.45, 7) is -0.312. The molecule has 12 heteroatoms. The number of carbonyl (C=O) groups is 4. The van der Waals surface area contributed by atoms with Gasteiger partial charge in [-0.25, -0.2) is 14.4 Å². The number of carboxylic acids is 3. The van der Waals surface area contributed by atoms with Gasteiger partial charge < -0.3 is 33.9 Å². The predicted molar refractivity (Wildman–Crippen MR) is 63.5 cm³/mol. The average Bonchev–Trinajstić information content (AvgIpc) is 2.12. The number of aliphatic carboxylic acids is 3. The zero-order valence-corrected chi connectivity index (χ0v) is 16.6. The summed E-state index contributed by atoms with van der Waals surface area (Å²) < 4.78 is 3.31. The number of hydrogen-bond acceptors (Lipinski definition) is 7. The third kappa shape index (κ3) is 13.2. The number of carboxylic acid groups (broad SMARTS) is 3. The Morgan fingerprint density at radius 1 is 1.05 bits per heavy atom. The van der Waals surface area contributed by atoms with Crippen molar-refractivity contribution in [2.24, 2.45) is 0 Å². The van der Waals surface area contributed by atoms with Gasteiger partial charge in [-0.05, 0) is 0 Å². The zero-order valence-electron chi connectivity index (χ0n) is 14.6. The number of ether oxygens (including phenoxy) is 1. The molecular weight excluding hydrogens is 322 g/mol. The van der Waals surface area contributed by atoms with Crippen LogP contribution in [0, 0.1) is 0 Å². The molecule has 0 rings (SSSR count). The van der Waals surface area contributed by atoms with Crippen molar-refractivity contribution in [3.8, 4) is 0 Å². The summed E-state index contributed by atoms with van der Waals surface area (Å²) in [6, 6.07) is 0. The maximum atomic E-state index is 11.3. The van der Waals surface area contributed by atoms with Crippen LogP contribution < -0.4 is 70.4 Å². The molecule has 0 heterocycles. The zero-order chi connectivity index (χ0) is 15.1. The van der Waals surface area contributed by atoms with E-state index in [2.05, 4.69) is 11.3 Å². The SMILES string of the molecule is C=COC(=O)C[N+](CC(=O)[O-])(CC(=O)O)CC(=O)O.N.[H-].[H-].[Na+].[Na+]. The molecule has 0 spiro atoms. The standard InChI is InChI=1S/C10H13NO8.H3N.2Na.2H/c1-2-19-10(18)6-11(3-7(12)13,4-8(14)15)5-9(16)17;;;;;/h2H,1,3-6H2,(H2-,12,13,14,15,16,17);1H3;;;;/q;;2*+1;2*-1. The first-order valence-corrected chi connectivity index (χ1v) is 5.00. The maximum absolute atomic E-state index is 11.3. The van der Waals surface area contributed by atoms with Gasteiger partial charge in [0.25, 0.3) is 0 Å². The fraction of sp³-hybridized carbons (Fsp3) is 0.400. The van der Waals surface area contributed by atoms with Crippen LogP contribution in [0.25, 0.3) is 0 Å². The minimum absolute atomic E-state index is 0.